The summed E-state index contributed by atoms with van der Waals surface area (Å²) >= 11 is 0. The highest BCUT2D eigenvalue weighted by molar-refractivity contribution is 5.22. The molecule has 1 nitrogen and oxygen atoms in total. The summed E-state index contributed by atoms with van der Waals surface area (Å²) in [5.41, 5.74) is 8.13. The van der Waals surface area contributed by atoms with Gasteiger partial charge in [0.2, 0.25) is 0 Å². The van der Waals surface area contributed by atoms with Crippen molar-refractivity contribution in [2.24, 2.45) is 5.73 Å². The number of hydrogen-bond donors (Lipinski definition) is 1. The van der Waals surface area contributed by atoms with Crippen LogP contribution >= 0.6 is 0 Å². The summed E-state index contributed by atoms with van der Waals surface area (Å²) in [5.74, 6) is 0. The van der Waals surface area contributed by atoms with E-state index in [1.165, 1.54) is 5.56 Å². The van der Waals surface area contributed by atoms with E-state index in [9.17, 15) is 4.39 Å². The smallest absolute Gasteiger partial charge is 0.115 e. The van der Waals surface area contributed by atoms with Crippen LogP contribution in [0.3, 0.4) is 0 Å². The molecule has 1 saturated carbocycles. The Bertz CT molecular complexity index is 301. The van der Waals surface area contributed by atoms with E-state index in [1.807, 2.05) is 24.3 Å². The SMILES string of the molecule is NC1(CCc2ccc(CF)cc2)CC1. The van der Waals surface area contributed by atoms with Gasteiger partial charge in [0.25, 0.3) is 0 Å². The van der Waals surface area contributed by atoms with Crippen molar-refractivity contribution in [3.05, 3.63) is 35.4 Å². The van der Waals surface area contributed by atoms with Crippen molar-refractivity contribution in [2.75, 3.05) is 0 Å². The van der Waals surface area contributed by atoms with Gasteiger partial charge in [-0.25, -0.2) is 4.39 Å². The maximum Gasteiger partial charge on any atom is 0.115 e. The molecule has 0 atom stereocenters. The molecular weight excluding hydrogens is 177 g/mol. The molecule has 0 radical (unpaired) electrons. The van der Waals surface area contributed by atoms with E-state index >= 15 is 0 Å². The number of rotatable bonds is 4. The van der Waals surface area contributed by atoms with Crippen LogP contribution in [0.25, 0.3) is 0 Å². The van der Waals surface area contributed by atoms with E-state index in [-0.39, 0.29) is 12.2 Å². The lowest BCUT2D eigenvalue weighted by molar-refractivity contribution is 0.485. The molecule has 0 saturated heterocycles. The standard InChI is InChI=1S/C12H16FN/c13-9-11-3-1-10(2-4-11)5-6-12(14)7-8-12/h1-4H,5-9,14H2. The van der Waals surface area contributed by atoms with Crippen LogP contribution in [-0.4, -0.2) is 5.54 Å². The maximum atomic E-state index is 12.2. The van der Waals surface area contributed by atoms with Crippen LogP contribution in [0.4, 0.5) is 4.39 Å². The van der Waals surface area contributed by atoms with Gasteiger partial charge in [0.1, 0.15) is 6.67 Å². The molecule has 76 valence electrons. The van der Waals surface area contributed by atoms with Gasteiger partial charge in [0.15, 0.2) is 0 Å². The van der Waals surface area contributed by atoms with Gasteiger partial charge < -0.3 is 5.73 Å². The van der Waals surface area contributed by atoms with Crippen LogP contribution < -0.4 is 5.73 Å². The van der Waals surface area contributed by atoms with Crippen LogP contribution in [-0.2, 0) is 13.1 Å². The average molecular weight is 193 g/mol. The van der Waals surface area contributed by atoms with E-state index in [4.69, 9.17) is 5.73 Å². The summed E-state index contributed by atoms with van der Waals surface area (Å²) in [6.45, 7) is -0.374. The zero-order valence-corrected chi connectivity index (χ0v) is 8.30. The van der Waals surface area contributed by atoms with Crippen molar-refractivity contribution in [2.45, 2.75) is 37.9 Å². The fraction of sp³-hybridized carbons (Fsp3) is 0.500. The molecule has 2 N–H and O–H groups in total. The fourth-order valence-corrected chi connectivity index (χ4v) is 1.60. The van der Waals surface area contributed by atoms with E-state index in [1.54, 1.807) is 0 Å². The predicted octanol–water partition coefficient (Wildman–Crippen LogP) is 2.58. The minimum atomic E-state index is -0.374. The maximum absolute atomic E-state index is 12.2. The van der Waals surface area contributed by atoms with Gasteiger partial charge in [-0.15, -0.1) is 0 Å². The molecule has 0 unspecified atom stereocenters. The molecule has 0 aliphatic heterocycles. The van der Waals surface area contributed by atoms with Crippen LogP contribution in [0.15, 0.2) is 24.3 Å². The molecule has 1 aliphatic rings. The van der Waals surface area contributed by atoms with Crippen molar-refractivity contribution in [3.63, 3.8) is 0 Å². The molecule has 1 aromatic rings. The number of alkyl halides is 1. The first-order valence-corrected chi connectivity index (χ1v) is 5.15. The Balaban J connectivity index is 1.89. The minimum absolute atomic E-state index is 0.124. The van der Waals surface area contributed by atoms with Gasteiger partial charge in [0, 0.05) is 5.54 Å². The van der Waals surface area contributed by atoms with Gasteiger partial charge in [0.05, 0.1) is 0 Å². The third-order valence-corrected chi connectivity index (χ3v) is 2.98. The Morgan fingerprint density at radius 3 is 2.21 bits per heavy atom. The Morgan fingerprint density at radius 2 is 1.71 bits per heavy atom. The second-order valence-corrected chi connectivity index (χ2v) is 4.31. The van der Waals surface area contributed by atoms with E-state index < -0.39 is 0 Å². The van der Waals surface area contributed by atoms with Crippen molar-refractivity contribution in [1.29, 1.82) is 0 Å². The summed E-state index contributed by atoms with van der Waals surface area (Å²) in [6.07, 6.45) is 4.40. The molecule has 0 aromatic heterocycles. The molecule has 1 fully saturated rings. The molecule has 2 rings (SSSR count). The number of halogens is 1. The van der Waals surface area contributed by atoms with Crippen LogP contribution in [0.1, 0.15) is 30.4 Å². The second kappa shape index (κ2) is 3.70. The molecule has 1 aromatic carbocycles. The predicted molar refractivity (Wildman–Crippen MR) is 55.7 cm³/mol. The first-order chi connectivity index (χ1) is 6.72. The molecular formula is C12H16FN. The van der Waals surface area contributed by atoms with Crippen molar-refractivity contribution >= 4 is 0 Å². The Hall–Kier alpha value is -0.890. The van der Waals surface area contributed by atoms with Crippen LogP contribution in [0, 0.1) is 0 Å². The van der Waals surface area contributed by atoms with E-state index in [0.29, 0.717) is 0 Å². The van der Waals surface area contributed by atoms with Gasteiger partial charge in [-0.1, -0.05) is 24.3 Å². The third kappa shape index (κ3) is 2.32. The summed E-state index contributed by atoms with van der Waals surface area (Å²) in [7, 11) is 0. The zero-order chi connectivity index (χ0) is 10.0. The van der Waals surface area contributed by atoms with Gasteiger partial charge in [-0.05, 0) is 36.8 Å². The van der Waals surface area contributed by atoms with Crippen molar-refractivity contribution in [1.82, 2.24) is 0 Å². The normalized spacial score (nSPS) is 18.1. The highest BCUT2D eigenvalue weighted by Crippen LogP contribution is 2.36. The zero-order valence-electron chi connectivity index (χ0n) is 8.30. The molecule has 14 heavy (non-hydrogen) atoms. The monoisotopic (exact) mass is 193 g/mol. The summed E-state index contributed by atoms with van der Waals surface area (Å²) in [5, 5.41) is 0. The van der Waals surface area contributed by atoms with Crippen molar-refractivity contribution < 1.29 is 4.39 Å². The molecule has 0 amide bonds. The van der Waals surface area contributed by atoms with Gasteiger partial charge in [-0.2, -0.15) is 0 Å². The lowest BCUT2D eigenvalue weighted by atomic mass is 10.0. The van der Waals surface area contributed by atoms with Gasteiger partial charge >= 0.3 is 0 Å². The largest absolute Gasteiger partial charge is 0.325 e. The number of nitrogens with two attached hydrogens (primary N) is 1. The highest BCUT2D eigenvalue weighted by Gasteiger charge is 2.37. The molecule has 0 bridgehead atoms. The highest BCUT2D eigenvalue weighted by atomic mass is 19.1. The number of hydrogen-bond acceptors (Lipinski definition) is 1. The number of benzene rings is 1. The molecule has 2 heteroatoms. The van der Waals surface area contributed by atoms with E-state index in [0.717, 1.165) is 31.2 Å². The summed E-state index contributed by atoms with van der Waals surface area (Å²) in [4.78, 5) is 0. The molecule has 1 aliphatic carbocycles. The Labute approximate surface area is 84.1 Å². The Morgan fingerprint density at radius 1 is 1.14 bits per heavy atom. The third-order valence-electron chi connectivity index (χ3n) is 2.98. The number of aryl methyl sites for hydroxylation is 1. The summed E-state index contributed by atoms with van der Waals surface area (Å²) < 4.78 is 12.2. The van der Waals surface area contributed by atoms with Crippen molar-refractivity contribution in [3.8, 4) is 0 Å². The summed E-state index contributed by atoms with van der Waals surface area (Å²) in [6, 6.07) is 7.71. The molecule has 0 spiro atoms. The first kappa shape index (κ1) is 9.66. The van der Waals surface area contributed by atoms with Crippen LogP contribution in [0.2, 0.25) is 0 Å². The quantitative estimate of drug-likeness (QED) is 0.781. The average Bonchev–Trinajstić information content (AvgIpc) is 2.95. The molecule has 0 heterocycles. The lowest BCUT2D eigenvalue weighted by Gasteiger charge is -2.07. The van der Waals surface area contributed by atoms with Crippen LogP contribution in [0.5, 0.6) is 0 Å². The second-order valence-electron chi connectivity index (χ2n) is 4.31. The lowest BCUT2D eigenvalue weighted by Crippen LogP contribution is -2.22. The first-order valence-electron chi connectivity index (χ1n) is 5.15. The van der Waals surface area contributed by atoms with E-state index in [2.05, 4.69) is 0 Å². The Kier molecular flexibility index (Phi) is 2.55. The topological polar surface area (TPSA) is 26.0 Å². The fourth-order valence-electron chi connectivity index (χ4n) is 1.60. The van der Waals surface area contributed by atoms with Gasteiger partial charge in [-0.3, -0.25) is 0 Å². The minimum Gasteiger partial charge on any atom is -0.325 e.